The maximum absolute atomic E-state index is 12.2. The maximum atomic E-state index is 12.2. The number of benzene rings is 1. The number of fused-ring (bicyclic) bond motifs is 5. The van der Waals surface area contributed by atoms with Gasteiger partial charge in [-0.15, -0.1) is 6.42 Å². The molecular weight excluding hydrogens is 480 g/mol. The Labute approximate surface area is 224 Å². The number of oxime groups is 1. The third kappa shape index (κ3) is 4.43. The first kappa shape index (κ1) is 26.5. The molecule has 3 saturated carbocycles. The number of aromatic carboxylic acids is 1. The van der Waals surface area contributed by atoms with Crippen molar-refractivity contribution in [2.24, 2.45) is 33.7 Å². The second-order valence-electron chi connectivity index (χ2n) is 12.1. The molecule has 1 aromatic rings. The molecule has 0 bridgehead atoms. The van der Waals surface area contributed by atoms with Gasteiger partial charge in [-0.2, -0.15) is 0 Å². The topological polar surface area (TPSA) is 108 Å². The van der Waals surface area contributed by atoms with Crippen molar-refractivity contribution in [3.05, 3.63) is 47.0 Å². The maximum Gasteiger partial charge on any atom is 0.335 e. The lowest BCUT2D eigenvalue weighted by Gasteiger charge is -2.58. The van der Waals surface area contributed by atoms with Crippen LogP contribution in [-0.2, 0) is 16.2 Å². The van der Waals surface area contributed by atoms with Crippen molar-refractivity contribution in [2.75, 3.05) is 6.61 Å². The smallest absolute Gasteiger partial charge is 0.335 e. The molecule has 0 spiro atoms. The number of terminal acetylenes is 1. The number of rotatable bonds is 6. The van der Waals surface area contributed by atoms with Crippen LogP contribution in [0.15, 0.2) is 41.1 Å². The zero-order valence-corrected chi connectivity index (χ0v) is 22.3. The molecule has 38 heavy (non-hydrogen) atoms. The first-order chi connectivity index (χ1) is 18.1. The molecular formula is C31H38N2O5. The molecule has 4 aliphatic rings. The molecule has 4 aliphatic carbocycles. The van der Waals surface area contributed by atoms with Crippen molar-refractivity contribution in [3.8, 4) is 12.3 Å². The quantitative estimate of drug-likeness (QED) is 0.374. The van der Waals surface area contributed by atoms with E-state index in [1.807, 2.05) is 0 Å². The zero-order chi connectivity index (χ0) is 27.1. The molecule has 0 aliphatic heterocycles. The molecule has 7 nitrogen and oxygen atoms in total. The van der Waals surface area contributed by atoms with Crippen LogP contribution in [0.2, 0.25) is 0 Å². The lowest BCUT2D eigenvalue weighted by atomic mass is 9.46. The minimum absolute atomic E-state index is 0.133. The summed E-state index contributed by atoms with van der Waals surface area (Å²) in [6.07, 6.45) is 15.8. The summed E-state index contributed by atoms with van der Waals surface area (Å²) in [6, 6.07) is 6.39. The first-order valence-corrected chi connectivity index (χ1v) is 13.8. The molecule has 1 amide bonds. The molecule has 3 fully saturated rings. The van der Waals surface area contributed by atoms with Gasteiger partial charge in [-0.1, -0.05) is 42.6 Å². The highest BCUT2D eigenvalue weighted by atomic mass is 16.6. The van der Waals surface area contributed by atoms with Crippen LogP contribution >= 0.6 is 0 Å². The van der Waals surface area contributed by atoms with E-state index in [2.05, 4.69) is 36.3 Å². The summed E-state index contributed by atoms with van der Waals surface area (Å²) in [5.74, 6) is 3.18. The number of carboxylic acid groups (broad SMARTS) is 1. The number of aliphatic hydroxyl groups is 1. The van der Waals surface area contributed by atoms with E-state index in [4.69, 9.17) is 16.4 Å². The fourth-order valence-corrected chi connectivity index (χ4v) is 8.09. The fourth-order valence-electron chi connectivity index (χ4n) is 8.09. The predicted molar refractivity (Wildman–Crippen MR) is 144 cm³/mol. The van der Waals surface area contributed by atoms with Gasteiger partial charge in [0.05, 0.1) is 11.3 Å². The molecule has 6 atom stereocenters. The molecule has 3 N–H and O–H groups in total. The van der Waals surface area contributed by atoms with Crippen molar-refractivity contribution in [1.29, 1.82) is 0 Å². The number of hydrogen-bond donors (Lipinski definition) is 3. The molecule has 3 unspecified atom stereocenters. The largest absolute Gasteiger partial charge is 0.478 e. The van der Waals surface area contributed by atoms with Gasteiger partial charge in [-0.3, -0.25) is 4.79 Å². The van der Waals surface area contributed by atoms with E-state index in [-0.39, 0.29) is 28.9 Å². The number of carboxylic acids is 1. The van der Waals surface area contributed by atoms with E-state index < -0.39 is 11.6 Å². The van der Waals surface area contributed by atoms with Crippen LogP contribution in [0.4, 0.5) is 0 Å². The number of nitrogens with one attached hydrogen (secondary N) is 1. The highest BCUT2D eigenvalue weighted by Gasteiger charge is 2.63. The normalized spacial score (nSPS) is 36.7. The van der Waals surface area contributed by atoms with Gasteiger partial charge in [-0.25, -0.2) is 4.79 Å². The molecule has 0 saturated heterocycles. The molecule has 0 aromatic heterocycles. The van der Waals surface area contributed by atoms with Gasteiger partial charge in [-0.05, 0) is 98.3 Å². The van der Waals surface area contributed by atoms with E-state index in [1.165, 1.54) is 17.7 Å². The zero-order valence-electron chi connectivity index (χ0n) is 22.3. The van der Waals surface area contributed by atoms with Gasteiger partial charge in [0.15, 0.2) is 6.61 Å². The van der Waals surface area contributed by atoms with E-state index >= 15 is 0 Å². The number of nitrogens with zero attached hydrogens (tertiary/aromatic N) is 1. The van der Waals surface area contributed by atoms with Gasteiger partial charge >= 0.3 is 5.97 Å². The van der Waals surface area contributed by atoms with Gasteiger partial charge in [0.2, 0.25) is 0 Å². The van der Waals surface area contributed by atoms with Crippen LogP contribution in [0.25, 0.3) is 0 Å². The Balaban J connectivity index is 1.17. The van der Waals surface area contributed by atoms with E-state index in [1.54, 1.807) is 12.1 Å². The minimum atomic E-state index is -0.979. The average Bonchev–Trinajstić information content (AvgIpc) is 3.18. The number of hydrogen-bond acceptors (Lipinski definition) is 5. The van der Waals surface area contributed by atoms with Crippen molar-refractivity contribution < 1.29 is 24.6 Å². The van der Waals surface area contributed by atoms with Gasteiger partial charge in [0.25, 0.3) is 5.91 Å². The van der Waals surface area contributed by atoms with Crippen LogP contribution in [-0.4, -0.2) is 40.0 Å². The van der Waals surface area contributed by atoms with Crippen LogP contribution in [0.5, 0.6) is 0 Å². The average molecular weight is 519 g/mol. The molecule has 5 rings (SSSR count). The molecule has 1 aromatic carbocycles. The van der Waals surface area contributed by atoms with E-state index in [0.29, 0.717) is 30.7 Å². The SMILES string of the molecule is C#C[C@@]1(O)CCC2C3CCC4=CC(=NOCC(=O)NCc5ccc(C(=O)O)cc5)CC[C@]4(C)C3CC[C@@]21C. The Morgan fingerprint density at radius 3 is 2.55 bits per heavy atom. The highest BCUT2D eigenvalue weighted by Crippen LogP contribution is 2.67. The number of carbonyl (C=O) groups is 2. The minimum Gasteiger partial charge on any atom is -0.478 e. The van der Waals surface area contributed by atoms with Crippen LogP contribution in [0.3, 0.4) is 0 Å². The molecule has 202 valence electrons. The molecule has 7 heteroatoms. The Kier molecular flexibility index (Phi) is 6.89. The summed E-state index contributed by atoms with van der Waals surface area (Å²) in [5.41, 5.74) is 2.33. The summed E-state index contributed by atoms with van der Waals surface area (Å²) in [7, 11) is 0. The van der Waals surface area contributed by atoms with Gasteiger partial charge in [0.1, 0.15) is 5.60 Å². The third-order valence-electron chi connectivity index (χ3n) is 10.4. The number of carbonyl (C=O) groups excluding carboxylic acids is 1. The van der Waals surface area contributed by atoms with E-state index in [9.17, 15) is 14.7 Å². The Hall–Kier alpha value is -3.11. The van der Waals surface area contributed by atoms with Crippen LogP contribution in [0.1, 0.15) is 81.1 Å². The summed E-state index contributed by atoms with van der Waals surface area (Å²) < 4.78 is 0. The van der Waals surface area contributed by atoms with Crippen LogP contribution in [0, 0.1) is 40.9 Å². The predicted octanol–water partition coefficient (Wildman–Crippen LogP) is 4.70. The lowest BCUT2D eigenvalue weighted by molar-refractivity contribution is -0.125. The number of allylic oxidation sites excluding steroid dienone is 2. The summed E-state index contributed by atoms with van der Waals surface area (Å²) in [6.45, 7) is 4.76. The monoisotopic (exact) mass is 518 g/mol. The second-order valence-corrected chi connectivity index (χ2v) is 12.1. The number of amides is 1. The Morgan fingerprint density at radius 1 is 1.11 bits per heavy atom. The third-order valence-corrected chi connectivity index (χ3v) is 10.4. The van der Waals surface area contributed by atoms with Crippen LogP contribution < -0.4 is 5.32 Å². The molecule has 0 radical (unpaired) electrons. The van der Waals surface area contributed by atoms with Crippen molar-refractivity contribution in [2.45, 2.75) is 77.4 Å². The summed E-state index contributed by atoms with van der Waals surface area (Å²) in [4.78, 5) is 28.6. The van der Waals surface area contributed by atoms with Crippen molar-refractivity contribution in [3.63, 3.8) is 0 Å². The van der Waals surface area contributed by atoms with Crippen molar-refractivity contribution >= 4 is 17.6 Å². The molecule has 0 heterocycles. The second kappa shape index (κ2) is 9.89. The fraction of sp³-hybridized carbons (Fsp3) is 0.581. The Morgan fingerprint density at radius 2 is 1.84 bits per heavy atom. The summed E-state index contributed by atoms with van der Waals surface area (Å²) in [5, 5.41) is 27.2. The first-order valence-electron chi connectivity index (χ1n) is 13.8. The Bertz CT molecular complexity index is 1210. The standard InChI is InChI=1S/C31H38N2O5/c1-4-31(37)16-13-26-24-10-9-22-17-23(11-14-29(22,2)25(24)12-15-30(26,31)3)33-38-19-27(34)32-18-20-5-7-21(8-6-20)28(35)36/h1,5-8,17,24-26,37H,9-16,18-19H2,2-3H3,(H,32,34)(H,35,36)/t24?,25?,26?,29-,30-,31+/m0/s1. The van der Waals surface area contributed by atoms with Crippen molar-refractivity contribution in [1.82, 2.24) is 5.32 Å². The van der Waals surface area contributed by atoms with Gasteiger partial charge < -0.3 is 20.4 Å². The lowest BCUT2D eigenvalue weighted by Crippen LogP contribution is -2.54. The van der Waals surface area contributed by atoms with Gasteiger partial charge in [0, 0.05) is 12.0 Å². The highest BCUT2D eigenvalue weighted by molar-refractivity contribution is 5.96. The summed E-state index contributed by atoms with van der Waals surface area (Å²) >= 11 is 0. The van der Waals surface area contributed by atoms with E-state index in [0.717, 1.165) is 56.2 Å².